The lowest BCUT2D eigenvalue weighted by atomic mass is 9.70. The number of pyridine rings is 1. The molecular formula is C50H30N2O. The van der Waals surface area contributed by atoms with Crippen LogP contribution in [0.1, 0.15) is 39.9 Å². The van der Waals surface area contributed by atoms with Gasteiger partial charge in [0.15, 0.2) is 0 Å². The van der Waals surface area contributed by atoms with Gasteiger partial charge in [0.25, 0.3) is 5.56 Å². The number of aromatic nitrogens is 2. The van der Waals surface area contributed by atoms with E-state index in [-0.39, 0.29) is 5.56 Å². The second kappa shape index (κ2) is 9.58. The highest BCUT2D eigenvalue weighted by Crippen LogP contribution is 2.64. The van der Waals surface area contributed by atoms with Crippen LogP contribution in [0.5, 0.6) is 0 Å². The summed E-state index contributed by atoms with van der Waals surface area (Å²) in [6.07, 6.45) is 6.60. The maximum Gasteiger partial charge on any atom is 0.263 e. The van der Waals surface area contributed by atoms with Crippen molar-refractivity contribution >= 4 is 54.9 Å². The van der Waals surface area contributed by atoms with Crippen LogP contribution >= 0.6 is 0 Å². The minimum Gasteiger partial charge on any atom is -0.309 e. The maximum absolute atomic E-state index is 15.2. The summed E-state index contributed by atoms with van der Waals surface area (Å²) in [5.41, 5.74) is 16.6. The van der Waals surface area contributed by atoms with Crippen molar-refractivity contribution in [1.82, 2.24) is 8.97 Å². The first kappa shape index (κ1) is 27.9. The van der Waals surface area contributed by atoms with Crippen LogP contribution < -0.4 is 5.56 Å². The molecule has 0 N–H and O–H groups in total. The number of allylic oxidation sites excluding steroid dienone is 1. The van der Waals surface area contributed by atoms with Gasteiger partial charge in [-0.05, 0) is 93.1 Å². The standard InChI is InChI=1S/C50H30N2O/c53-49-35-20-5-4-19-33(35)45-47-37(32-18-9-13-25-43(32)51(47)29-14-2-1-3-15-29)28-38-34-26-27-42-44(46(34)52(49)48(38)45)36-21-8-12-24-41(36)50(42)39-22-10-6-16-30(39)31-17-7-11-23-40(31)50/h1-8,10-17,19-28H,9,18H2. The largest absolute Gasteiger partial charge is 0.309 e. The summed E-state index contributed by atoms with van der Waals surface area (Å²) in [6, 6.07) is 52.9. The topological polar surface area (TPSA) is 26.4 Å². The van der Waals surface area contributed by atoms with Gasteiger partial charge < -0.3 is 4.57 Å². The molecule has 3 heteroatoms. The van der Waals surface area contributed by atoms with Crippen LogP contribution in [0, 0.1) is 0 Å². The van der Waals surface area contributed by atoms with Crippen molar-refractivity contribution in [2.45, 2.75) is 18.3 Å². The van der Waals surface area contributed by atoms with E-state index in [0.717, 1.165) is 56.5 Å². The zero-order valence-corrected chi connectivity index (χ0v) is 28.7. The molecule has 3 aliphatic carbocycles. The first-order chi connectivity index (χ1) is 26.3. The van der Waals surface area contributed by atoms with E-state index in [9.17, 15) is 0 Å². The van der Waals surface area contributed by atoms with Gasteiger partial charge in [-0.3, -0.25) is 9.20 Å². The predicted molar refractivity (Wildman–Crippen MR) is 218 cm³/mol. The van der Waals surface area contributed by atoms with Crippen LogP contribution in [-0.2, 0) is 11.8 Å². The smallest absolute Gasteiger partial charge is 0.263 e. The van der Waals surface area contributed by atoms with Crippen molar-refractivity contribution in [3.63, 3.8) is 0 Å². The Kier molecular flexibility index (Phi) is 5.05. The monoisotopic (exact) mass is 674 g/mol. The molecule has 3 heterocycles. The summed E-state index contributed by atoms with van der Waals surface area (Å²) >= 11 is 0. The Hall–Kier alpha value is -6.71. The third-order valence-corrected chi connectivity index (χ3v) is 12.7. The van der Waals surface area contributed by atoms with Gasteiger partial charge in [0.1, 0.15) is 0 Å². The molecule has 0 aliphatic heterocycles. The Morgan fingerprint density at radius 3 is 1.91 bits per heavy atom. The minimum absolute atomic E-state index is 0.0361. The molecule has 0 bridgehead atoms. The van der Waals surface area contributed by atoms with Gasteiger partial charge in [0.05, 0.1) is 22.0 Å². The van der Waals surface area contributed by atoms with Crippen molar-refractivity contribution in [2.24, 2.45) is 0 Å². The summed E-state index contributed by atoms with van der Waals surface area (Å²) < 4.78 is 4.55. The summed E-state index contributed by atoms with van der Waals surface area (Å²) in [4.78, 5) is 15.2. The molecular weight excluding hydrogens is 645 g/mol. The van der Waals surface area contributed by atoms with Crippen molar-refractivity contribution in [3.8, 4) is 27.9 Å². The highest BCUT2D eigenvalue weighted by atomic mass is 16.1. The Morgan fingerprint density at radius 1 is 0.509 bits per heavy atom. The fourth-order valence-electron chi connectivity index (χ4n) is 10.9. The Labute approximate surface area is 304 Å². The van der Waals surface area contributed by atoms with Gasteiger partial charge in [0, 0.05) is 43.9 Å². The molecule has 1 spiro atoms. The molecule has 10 aromatic rings. The number of fused-ring (bicyclic) bond motifs is 20. The molecule has 3 nitrogen and oxygen atoms in total. The molecule has 0 saturated heterocycles. The van der Waals surface area contributed by atoms with Crippen LogP contribution in [0.3, 0.4) is 0 Å². The predicted octanol–water partition coefficient (Wildman–Crippen LogP) is 11.4. The number of para-hydroxylation sites is 1. The zero-order valence-electron chi connectivity index (χ0n) is 28.7. The van der Waals surface area contributed by atoms with E-state index >= 15 is 4.79 Å². The normalized spacial score (nSPS) is 14.8. The van der Waals surface area contributed by atoms with E-state index in [4.69, 9.17) is 0 Å². The highest BCUT2D eigenvalue weighted by molar-refractivity contribution is 6.30. The van der Waals surface area contributed by atoms with Gasteiger partial charge in [0.2, 0.25) is 0 Å². The molecule has 0 radical (unpaired) electrons. The lowest BCUT2D eigenvalue weighted by molar-refractivity contribution is 0.794. The third kappa shape index (κ3) is 3.11. The average Bonchev–Trinajstić information content (AvgIpc) is 3.92. The minimum atomic E-state index is -0.484. The van der Waals surface area contributed by atoms with Crippen LogP contribution in [0.2, 0.25) is 0 Å². The highest BCUT2D eigenvalue weighted by Gasteiger charge is 2.52. The summed E-state index contributed by atoms with van der Waals surface area (Å²) in [5, 5.41) is 6.43. The molecule has 246 valence electrons. The van der Waals surface area contributed by atoms with Crippen molar-refractivity contribution in [1.29, 1.82) is 0 Å². The molecule has 13 rings (SSSR count). The molecule has 3 aromatic heterocycles. The van der Waals surface area contributed by atoms with Gasteiger partial charge >= 0.3 is 0 Å². The molecule has 7 aromatic carbocycles. The van der Waals surface area contributed by atoms with E-state index in [1.807, 2.05) is 12.1 Å². The lowest BCUT2D eigenvalue weighted by Crippen LogP contribution is -2.25. The van der Waals surface area contributed by atoms with E-state index in [0.29, 0.717) is 0 Å². The summed E-state index contributed by atoms with van der Waals surface area (Å²) in [6.45, 7) is 0. The first-order valence-corrected chi connectivity index (χ1v) is 18.6. The van der Waals surface area contributed by atoms with Gasteiger partial charge in [-0.15, -0.1) is 0 Å². The third-order valence-electron chi connectivity index (χ3n) is 12.7. The molecule has 53 heavy (non-hydrogen) atoms. The quantitative estimate of drug-likeness (QED) is 0.159. The molecule has 3 aliphatic rings. The van der Waals surface area contributed by atoms with E-state index in [2.05, 4.69) is 155 Å². The number of nitrogens with zero attached hydrogens (tertiary/aromatic N) is 2. The molecule has 0 fully saturated rings. The lowest BCUT2D eigenvalue weighted by Gasteiger charge is -2.30. The molecule has 0 saturated carbocycles. The van der Waals surface area contributed by atoms with Crippen LogP contribution in [-0.4, -0.2) is 8.97 Å². The van der Waals surface area contributed by atoms with Crippen molar-refractivity contribution < 1.29 is 0 Å². The second-order valence-corrected chi connectivity index (χ2v) is 15.0. The van der Waals surface area contributed by atoms with Gasteiger partial charge in [-0.1, -0.05) is 127 Å². The number of rotatable bonds is 1. The van der Waals surface area contributed by atoms with Crippen molar-refractivity contribution in [3.05, 3.63) is 196 Å². The van der Waals surface area contributed by atoms with E-state index < -0.39 is 5.41 Å². The van der Waals surface area contributed by atoms with E-state index in [1.165, 1.54) is 66.7 Å². The fourth-order valence-corrected chi connectivity index (χ4v) is 10.9. The maximum atomic E-state index is 15.2. The Balaban J connectivity index is 1.29. The average molecular weight is 675 g/mol. The fraction of sp³-hybridized carbons (Fsp3) is 0.0600. The number of benzene rings is 7. The van der Waals surface area contributed by atoms with Crippen molar-refractivity contribution in [2.75, 3.05) is 0 Å². The molecule has 0 unspecified atom stereocenters. The van der Waals surface area contributed by atoms with Gasteiger partial charge in [-0.25, -0.2) is 0 Å². The number of hydrogen-bond donors (Lipinski definition) is 0. The second-order valence-electron chi connectivity index (χ2n) is 15.0. The van der Waals surface area contributed by atoms with E-state index in [1.54, 1.807) is 0 Å². The number of aryl methyl sites for hydroxylation is 1. The SMILES string of the molecule is O=c1c2ccccc2c2c3c(cc4c5ccc6c(c5n1c42)-c1ccccc1C61c2ccccc2-c2ccccc21)c1c(n3-c2ccccc2)C=CCC1. The summed E-state index contributed by atoms with van der Waals surface area (Å²) in [5.74, 6) is 0. The number of hydrogen-bond acceptors (Lipinski definition) is 1. The van der Waals surface area contributed by atoms with Crippen LogP contribution in [0.25, 0.3) is 82.9 Å². The molecule has 0 atom stereocenters. The Morgan fingerprint density at radius 2 is 1.15 bits per heavy atom. The Bertz CT molecular complexity index is 3310. The van der Waals surface area contributed by atoms with Gasteiger partial charge in [-0.2, -0.15) is 0 Å². The first-order valence-electron chi connectivity index (χ1n) is 18.6. The molecule has 0 amide bonds. The summed E-state index contributed by atoms with van der Waals surface area (Å²) in [7, 11) is 0. The zero-order chi connectivity index (χ0) is 34.6. The van der Waals surface area contributed by atoms with Crippen LogP contribution in [0.15, 0.2) is 156 Å². The van der Waals surface area contributed by atoms with Crippen LogP contribution in [0.4, 0.5) is 0 Å².